The summed E-state index contributed by atoms with van der Waals surface area (Å²) in [5.74, 6) is -4.16. The van der Waals surface area contributed by atoms with Gasteiger partial charge in [-0.25, -0.2) is 4.79 Å². The third-order valence-electron chi connectivity index (χ3n) is 0.728. The Kier molecular flexibility index (Phi) is 3.76. The van der Waals surface area contributed by atoms with Gasteiger partial charge >= 0.3 is 5.97 Å². The molecule has 1 unspecified atom stereocenters. The van der Waals surface area contributed by atoms with Crippen LogP contribution < -0.4 is 0 Å². The summed E-state index contributed by atoms with van der Waals surface area (Å²) in [7, 11) is -0.635. The number of ketones is 1. The second-order valence-corrected chi connectivity index (χ2v) is 2.33. The molecule has 0 aromatic heterocycles. The SMILES string of the molecule is O=PC(O)CC(=O)C(=O)O. The number of carboxylic acids is 1. The van der Waals surface area contributed by atoms with Crippen LogP contribution in [0, 0.1) is 0 Å². The maximum Gasteiger partial charge on any atom is 0.372 e. The summed E-state index contributed by atoms with van der Waals surface area (Å²) >= 11 is 0. The van der Waals surface area contributed by atoms with Crippen LogP contribution in [0.2, 0.25) is 0 Å². The van der Waals surface area contributed by atoms with E-state index in [1.54, 1.807) is 0 Å². The van der Waals surface area contributed by atoms with Crippen molar-refractivity contribution in [2.45, 2.75) is 12.3 Å². The van der Waals surface area contributed by atoms with E-state index in [9.17, 15) is 14.2 Å². The van der Waals surface area contributed by atoms with Crippen LogP contribution in [0.25, 0.3) is 0 Å². The van der Waals surface area contributed by atoms with E-state index in [4.69, 9.17) is 10.2 Å². The first-order valence-electron chi connectivity index (χ1n) is 2.34. The van der Waals surface area contributed by atoms with E-state index in [0.29, 0.717) is 0 Å². The minimum absolute atomic E-state index is 0.611. The van der Waals surface area contributed by atoms with Crippen LogP contribution >= 0.6 is 8.46 Å². The Morgan fingerprint density at radius 1 is 1.50 bits per heavy atom. The Morgan fingerprint density at radius 2 is 2.00 bits per heavy atom. The molecule has 0 aromatic rings. The van der Waals surface area contributed by atoms with Crippen molar-refractivity contribution in [1.82, 2.24) is 0 Å². The summed E-state index contributed by atoms with van der Waals surface area (Å²) in [6, 6.07) is 0. The number of rotatable bonds is 4. The molecule has 0 rings (SSSR count). The highest BCUT2D eigenvalue weighted by atomic mass is 31.1. The molecule has 5 nitrogen and oxygen atoms in total. The number of hydrogen-bond donors (Lipinski definition) is 2. The highest BCUT2D eigenvalue weighted by molar-refractivity contribution is 7.24. The first-order valence-corrected chi connectivity index (χ1v) is 3.22. The average Bonchev–Trinajstić information content (AvgIpc) is 1.87. The van der Waals surface area contributed by atoms with E-state index in [2.05, 4.69) is 0 Å². The van der Waals surface area contributed by atoms with Crippen LogP contribution in [0.4, 0.5) is 0 Å². The van der Waals surface area contributed by atoms with Crippen LogP contribution in [0.3, 0.4) is 0 Å². The molecule has 0 radical (unpaired) electrons. The molecule has 1 atom stereocenters. The normalized spacial score (nSPS) is 12.9. The van der Waals surface area contributed by atoms with Crippen molar-refractivity contribution in [2.75, 3.05) is 0 Å². The van der Waals surface area contributed by atoms with Crippen molar-refractivity contribution in [3.05, 3.63) is 0 Å². The van der Waals surface area contributed by atoms with Crippen molar-refractivity contribution in [3.63, 3.8) is 0 Å². The number of carbonyl (C=O) groups is 2. The molecule has 0 heterocycles. The van der Waals surface area contributed by atoms with Crippen LogP contribution in [0.1, 0.15) is 6.42 Å². The van der Waals surface area contributed by atoms with E-state index in [-0.39, 0.29) is 0 Å². The fourth-order valence-electron chi connectivity index (χ4n) is 0.290. The monoisotopic (exact) mass is 164 g/mol. The van der Waals surface area contributed by atoms with Gasteiger partial charge in [0.05, 0.1) is 6.42 Å². The molecule has 0 bridgehead atoms. The number of carbonyl (C=O) groups excluding carboxylic acids is 1. The van der Waals surface area contributed by atoms with Gasteiger partial charge in [0.15, 0.2) is 8.46 Å². The van der Waals surface area contributed by atoms with Gasteiger partial charge in [-0.2, -0.15) is 0 Å². The first kappa shape index (κ1) is 9.20. The molecule has 6 heteroatoms. The van der Waals surface area contributed by atoms with Gasteiger partial charge in [-0.1, -0.05) is 0 Å². The smallest absolute Gasteiger partial charge is 0.372 e. The lowest BCUT2D eigenvalue weighted by atomic mass is 10.3. The minimum Gasteiger partial charge on any atom is -0.475 e. The topological polar surface area (TPSA) is 91.7 Å². The maximum atomic E-state index is 10.2. The highest BCUT2D eigenvalue weighted by Gasteiger charge is 2.16. The van der Waals surface area contributed by atoms with Crippen LogP contribution in [0.15, 0.2) is 0 Å². The highest BCUT2D eigenvalue weighted by Crippen LogP contribution is 2.06. The summed E-state index contributed by atoms with van der Waals surface area (Å²) in [5, 5.41) is 16.4. The van der Waals surface area contributed by atoms with Gasteiger partial charge < -0.3 is 10.2 Å². The van der Waals surface area contributed by atoms with Gasteiger partial charge in [0.1, 0.15) is 5.85 Å². The number of Topliss-reactive ketones (excluding diaryl/α,β-unsaturated/α-hetero) is 1. The predicted octanol–water partition coefficient (Wildman–Crippen LogP) is -0.360. The predicted molar refractivity (Wildman–Crippen MR) is 30.9 cm³/mol. The summed E-state index contributed by atoms with van der Waals surface area (Å²) in [4.78, 5) is 20.0. The molecule has 2 N–H and O–H groups in total. The molecule has 0 spiro atoms. The lowest BCUT2D eigenvalue weighted by Crippen LogP contribution is -2.16. The van der Waals surface area contributed by atoms with E-state index in [1.165, 1.54) is 0 Å². The Balaban J connectivity index is 3.79. The largest absolute Gasteiger partial charge is 0.475 e. The third-order valence-corrected chi connectivity index (χ3v) is 1.15. The van der Waals surface area contributed by atoms with Gasteiger partial charge in [-0.05, 0) is 0 Å². The molecule has 0 saturated heterocycles. The fourth-order valence-corrected chi connectivity index (χ4v) is 0.531. The summed E-state index contributed by atoms with van der Waals surface area (Å²) in [5.41, 5.74) is 0. The molecule has 0 saturated carbocycles. The Hall–Kier alpha value is -0.800. The molecular weight excluding hydrogens is 159 g/mol. The van der Waals surface area contributed by atoms with E-state index < -0.39 is 32.5 Å². The average molecular weight is 164 g/mol. The zero-order chi connectivity index (χ0) is 8.15. The van der Waals surface area contributed by atoms with Crippen molar-refractivity contribution < 1.29 is 24.4 Å². The minimum atomic E-state index is -1.62. The van der Waals surface area contributed by atoms with Gasteiger partial charge in [0.2, 0.25) is 5.78 Å². The second-order valence-electron chi connectivity index (χ2n) is 1.52. The number of carboxylic acid groups (broad SMARTS) is 1. The Morgan fingerprint density at radius 3 is 2.30 bits per heavy atom. The molecule has 0 aliphatic rings. The van der Waals surface area contributed by atoms with Gasteiger partial charge in [0, 0.05) is 0 Å². The maximum absolute atomic E-state index is 10.2. The van der Waals surface area contributed by atoms with E-state index in [1.807, 2.05) is 0 Å². The number of aliphatic hydroxyl groups is 1. The van der Waals surface area contributed by atoms with Crippen LogP contribution in [0.5, 0.6) is 0 Å². The quantitative estimate of drug-likeness (QED) is 0.437. The van der Waals surface area contributed by atoms with Crippen molar-refractivity contribution in [1.29, 1.82) is 0 Å². The zero-order valence-electron chi connectivity index (χ0n) is 4.85. The van der Waals surface area contributed by atoms with Gasteiger partial charge in [-0.15, -0.1) is 0 Å². The number of aliphatic carboxylic acids is 1. The van der Waals surface area contributed by atoms with Crippen molar-refractivity contribution in [3.8, 4) is 0 Å². The molecule has 10 heavy (non-hydrogen) atoms. The van der Waals surface area contributed by atoms with E-state index >= 15 is 0 Å². The zero-order valence-corrected chi connectivity index (χ0v) is 5.75. The van der Waals surface area contributed by atoms with Crippen LogP contribution in [-0.4, -0.2) is 27.8 Å². The lowest BCUT2D eigenvalue weighted by molar-refractivity contribution is -0.149. The van der Waals surface area contributed by atoms with Crippen LogP contribution in [-0.2, 0) is 14.2 Å². The van der Waals surface area contributed by atoms with Gasteiger partial charge in [-0.3, -0.25) is 9.36 Å². The Labute approximate surface area is 57.9 Å². The molecule has 56 valence electrons. The second kappa shape index (κ2) is 4.09. The summed E-state index contributed by atoms with van der Waals surface area (Å²) in [6.07, 6.45) is -0.611. The summed E-state index contributed by atoms with van der Waals surface area (Å²) < 4.78 is 9.76. The lowest BCUT2D eigenvalue weighted by Gasteiger charge is -1.94. The molecule has 0 aliphatic heterocycles. The Bertz CT molecular complexity index is 165. The molecular formula is C4H5O5P. The number of aliphatic hydroxyl groups excluding tert-OH is 1. The number of hydrogen-bond acceptors (Lipinski definition) is 4. The van der Waals surface area contributed by atoms with E-state index in [0.717, 1.165) is 0 Å². The molecule has 0 fully saturated rings. The van der Waals surface area contributed by atoms with Crippen molar-refractivity contribution >= 4 is 20.2 Å². The molecule has 0 aromatic carbocycles. The third kappa shape index (κ3) is 3.27. The summed E-state index contributed by atoms with van der Waals surface area (Å²) in [6.45, 7) is 0. The fraction of sp³-hybridized carbons (Fsp3) is 0.500. The standard InChI is InChI=1S/C4H5O5P/c5-2(4(7)8)1-3(6)10-9/h3,6H,1H2,(H,7,8). The molecule has 0 aliphatic carbocycles. The molecule has 0 amide bonds. The first-order chi connectivity index (χ1) is 4.57. The van der Waals surface area contributed by atoms with Gasteiger partial charge in [0.25, 0.3) is 0 Å². The van der Waals surface area contributed by atoms with Crippen molar-refractivity contribution in [2.24, 2.45) is 0 Å².